The van der Waals surface area contributed by atoms with E-state index in [-0.39, 0.29) is 42.4 Å². The summed E-state index contributed by atoms with van der Waals surface area (Å²) in [5, 5.41) is 26.4. The molecule has 2 aromatic heterocycles. The number of hydrogen-bond donors (Lipinski definition) is 4. The molecule has 7 rings (SSSR count). The van der Waals surface area contributed by atoms with Crippen LogP contribution >= 0.6 is 0 Å². The van der Waals surface area contributed by atoms with Gasteiger partial charge in [0.15, 0.2) is 11.1 Å². The van der Waals surface area contributed by atoms with Crippen molar-refractivity contribution in [1.29, 1.82) is 0 Å². The molecule has 0 saturated heterocycles. The molecule has 0 radical (unpaired) electrons. The zero-order chi connectivity index (χ0) is 46.5. The van der Waals surface area contributed by atoms with E-state index in [0.29, 0.717) is 45.0 Å². The molecule has 65 heavy (non-hydrogen) atoms. The van der Waals surface area contributed by atoms with Crippen molar-refractivity contribution in [3.05, 3.63) is 126 Å². The Hall–Kier alpha value is -6.71. The predicted molar refractivity (Wildman–Crippen MR) is 241 cm³/mol. The van der Waals surface area contributed by atoms with E-state index in [1.807, 2.05) is 12.1 Å². The van der Waals surface area contributed by atoms with Crippen LogP contribution in [0, 0.1) is 0 Å². The number of hydrogen-bond acceptors (Lipinski definition) is 13. The summed E-state index contributed by atoms with van der Waals surface area (Å²) in [4.78, 5) is 21.1. The van der Waals surface area contributed by atoms with Crippen LogP contribution in [-0.2, 0) is 45.5 Å². The number of H-pyrrole nitrogens is 1. The maximum absolute atomic E-state index is 15.7. The van der Waals surface area contributed by atoms with Crippen LogP contribution in [0.5, 0.6) is 17.2 Å². The number of aliphatic hydroxyl groups is 1. The first-order valence-corrected chi connectivity index (χ1v) is 22.7. The van der Waals surface area contributed by atoms with Crippen molar-refractivity contribution in [3.8, 4) is 39.8 Å². The Labute approximate surface area is 377 Å². The molecule has 0 aliphatic heterocycles. The lowest BCUT2D eigenvalue weighted by atomic mass is 9.98. The van der Waals surface area contributed by atoms with E-state index >= 15 is 8.42 Å². The van der Waals surface area contributed by atoms with Crippen LogP contribution in [0.4, 0.5) is 4.79 Å². The molecule has 0 spiro atoms. The number of aromatic amines is 1. The van der Waals surface area contributed by atoms with Crippen LogP contribution in [0.1, 0.15) is 49.3 Å². The molecule has 0 bridgehead atoms. The van der Waals surface area contributed by atoms with Gasteiger partial charge in [0.1, 0.15) is 39.6 Å². The number of methoxy groups -OCH3 is 3. The van der Waals surface area contributed by atoms with Gasteiger partial charge in [0.05, 0.1) is 56.0 Å². The largest absolute Gasteiger partial charge is 0.497 e. The third kappa shape index (κ3) is 10.6. The average molecular weight is 925 g/mol. The van der Waals surface area contributed by atoms with Crippen LogP contribution in [0.3, 0.4) is 0 Å². The highest BCUT2D eigenvalue weighted by Gasteiger charge is 2.36. The zero-order valence-corrected chi connectivity index (χ0v) is 38.0. The molecule has 4 N–H and O–H groups in total. The van der Waals surface area contributed by atoms with E-state index in [1.54, 1.807) is 107 Å². The Bertz CT molecular complexity index is 2870. The standard InChI is InChI=1S/C45H48N8O10S2/c1-45(2,3)63-44(55)47-37(27-54)42-46-36-9-7-8-35(40(36)48-42)34-22-23-38(64(56)57)41(39(34)43-49-51-53(50-43)26-30-14-20-33(62-6)21-15-30)65(58,59)52(24-28-10-16-31(60-4)17-11-28)25-29-12-18-32(61-5)19-13-29/h7-23,37,54H,24-27H2,1-6H3,(H,46,48)(H,47,55)(H,56,57). The number of amides is 1. The predicted octanol–water partition coefficient (Wildman–Crippen LogP) is 6.49. The number of ether oxygens (including phenoxy) is 4. The fourth-order valence-corrected chi connectivity index (χ4v) is 9.67. The van der Waals surface area contributed by atoms with E-state index < -0.39 is 55.2 Å². The Kier molecular flexibility index (Phi) is 13.9. The third-order valence-electron chi connectivity index (χ3n) is 10.1. The lowest BCUT2D eigenvalue weighted by molar-refractivity contribution is 0.0478. The van der Waals surface area contributed by atoms with Gasteiger partial charge in [-0.15, -0.1) is 10.2 Å². The zero-order valence-electron chi connectivity index (χ0n) is 36.4. The minimum Gasteiger partial charge on any atom is -0.497 e. The van der Waals surface area contributed by atoms with Crippen molar-refractivity contribution in [3.63, 3.8) is 0 Å². The van der Waals surface area contributed by atoms with Crippen molar-refractivity contribution in [2.75, 3.05) is 27.9 Å². The molecule has 2 heterocycles. The SMILES string of the molecule is COc1ccc(CN(Cc2ccc(OC)cc2)S(=O)(=O)c2c(S(=O)O)ccc(-c3cccc4[nH]c(C(CO)NC(=O)OC(C)(C)C)nc34)c2-c2nnn(Cc3ccc(OC)cc3)n2)cc1. The maximum atomic E-state index is 15.7. The number of para-hydroxylation sites is 1. The number of alkyl carbamates (subject to hydrolysis) is 1. The summed E-state index contributed by atoms with van der Waals surface area (Å²) in [6.07, 6.45) is -0.778. The van der Waals surface area contributed by atoms with Gasteiger partial charge in [0.25, 0.3) is 0 Å². The highest BCUT2D eigenvalue weighted by atomic mass is 32.2. The molecule has 0 aliphatic carbocycles. The minimum atomic E-state index is -4.80. The molecule has 2 unspecified atom stereocenters. The van der Waals surface area contributed by atoms with Crippen molar-refractivity contribution < 1.29 is 46.0 Å². The van der Waals surface area contributed by atoms with Crippen molar-refractivity contribution in [2.24, 2.45) is 0 Å². The number of fused-ring (bicyclic) bond motifs is 1. The Morgan fingerprint density at radius 2 is 1.40 bits per heavy atom. The molecule has 1 amide bonds. The first kappa shape index (κ1) is 46.3. The second kappa shape index (κ2) is 19.6. The van der Waals surface area contributed by atoms with E-state index in [2.05, 4.69) is 25.7 Å². The Morgan fingerprint density at radius 1 is 0.831 bits per heavy atom. The number of carbonyl (C=O) groups excluding carboxylic acids is 1. The number of sulfonamides is 1. The Balaban J connectivity index is 1.44. The fraction of sp³-hybridized carbons (Fsp3) is 0.267. The Morgan fingerprint density at radius 3 is 1.92 bits per heavy atom. The minimum absolute atomic E-state index is 0.122. The van der Waals surface area contributed by atoms with Crippen LogP contribution in [0.25, 0.3) is 33.5 Å². The third-order valence-corrected chi connectivity index (χ3v) is 12.9. The van der Waals surface area contributed by atoms with Gasteiger partial charge in [-0.2, -0.15) is 9.10 Å². The number of imidazole rings is 1. The lowest BCUT2D eigenvalue weighted by Gasteiger charge is -2.25. The number of carbonyl (C=O) groups is 1. The molecule has 0 saturated carbocycles. The molecular weight excluding hydrogens is 877 g/mol. The highest BCUT2D eigenvalue weighted by Crippen LogP contribution is 2.42. The van der Waals surface area contributed by atoms with Crippen LogP contribution < -0.4 is 19.5 Å². The second-order valence-electron chi connectivity index (χ2n) is 15.7. The summed E-state index contributed by atoms with van der Waals surface area (Å²) < 4.78 is 78.3. The number of nitrogens with one attached hydrogen (secondary N) is 2. The average Bonchev–Trinajstić information content (AvgIpc) is 3.95. The number of benzene rings is 5. The quantitative estimate of drug-likeness (QED) is 0.0716. The molecule has 18 nitrogen and oxygen atoms in total. The van der Waals surface area contributed by atoms with E-state index in [0.717, 1.165) is 5.56 Å². The van der Waals surface area contributed by atoms with E-state index in [4.69, 9.17) is 23.9 Å². The summed E-state index contributed by atoms with van der Waals surface area (Å²) in [6.45, 7) is 4.39. The van der Waals surface area contributed by atoms with Crippen molar-refractivity contribution in [2.45, 2.75) is 61.8 Å². The molecule has 20 heteroatoms. The highest BCUT2D eigenvalue weighted by molar-refractivity contribution is 7.90. The molecule has 0 fully saturated rings. The van der Waals surface area contributed by atoms with Gasteiger partial charge in [-0.1, -0.05) is 54.6 Å². The smallest absolute Gasteiger partial charge is 0.408 e. The van der Waals surface area contributed by atoms with Gasteiger partial charge in [-0.3, -0.25) is 0 Å². The number of nitrogens with zero attached hydrogens (tertiary/aromatic N) is 6. The van der Waals surface area contributed by atoms with Gasteiger partial charge in [-0.05, 0) is 96.8 Å². The van der Waals surface area contributed by atoms with Crippen LogP contribution in [-0.4, -0.2) is 96.4 Å². The van der Waals surface area contributed by atoms with Crippen molar-refractivity contribution >= 4 is 38.2 Å². The van der Waals surface area contributed by atoms with Gasteiger partial charge < -0.3 is 38.9 Å². The first-order valence-electron chi connectivity index (χ1n) is 20.1. The van der Waals surface area contributed by atoms with Crippen LogP contribution in [0.15, 0.2) is 113 Å². The molecule has 2 atom stereocenters. The summed E-state index contributed by atoms with van der Waals surface area (Å²) in [7, 11) is -0.192. The molecule has 5 aromatic carbocycles. The normalized spacial score (nSPS) is 12.8. The molecule has 340 valence electrons. The monoisotopic (exact) mass is 924 g/mol. The van der Waals surface area contributed by atoms with Crippen LogP contribution in [0.2, 0.25) is 0 Å². The lowest BCUT2D eigenvalue weighted by Crippen LogP contribution is -2.36. The van der Waals surface area contributed by atoms with Gasteiger partial charge in [0.2, 0.25) is 15.8 Å². The van der Waals surface area contributed by atoms with E-state index in [9.17, 15) is 18.7 Å². The second-order valence-corrected chi connectivity index (χ2v) is 18.5. The molecule has 0 aliphatic rings. The summed E-state index contributed by atoms with van der Waals surface area (Å²) >= 11 is -2.86. The molecule has 7 aromatic rings. The van der Waals surface area contributed by atoms with Gasteiger partial charge in [0, 0.05) is 18.7 Å². The van der Waals surface area contributed by atoms with Gasteiger partial charge >= 0.3 is 6.09 Å². The summed E-state index contributed by atoms with van der Waals surface area (Å²) in [5.41, 5.74) is 2.41. The number of tetrazole rings is 1. The maximum Gasteiger partial charge on any atom is 0.408 e. The molecular formula is C45H48N8O10S2. The number of aliphatic hydroxyl groups excluding tert-OH is 1. The fourth-order valence-electron chi connectivity index (χ4n) is 7.02. The number of rotatable bonds is 17. The first-order chi connectivity index (χ1) is 31.1. The van der Waals surface area contributed by atoms with Gasteiger partial charge in [-0.25, -0.2) is 22.4 Å². The van der Waals surface area contributed by atoms with E-state index in [1.165, 1.54) is 35.5 Å². The number of aromatic nitrogens is 6. The summed E-state index contributed by atoms with van der Waals surface area (Å²) in [6, 6.07) is 27.9. The summed E-state index contributed by atoms with van der Waals surface area (Å²) in [5.74, 6) is 1.79. The topological polar surface area (TPSA) is 233 Å². The van der Waals surface area contributed by atoms with Crippen molar-refractivity contribution in [1.82, 2.24) is 39.8 Å².